The highest BCUT2D eigenvalue weighted by atomic mass is 35.5. The maximum Gasteiger partial charge on any atom is 0.0642 e. The molecule has 102 valence electrons. The minimum atomic E-state index is -0.189. The van der Waals surface area contributed by atoms with Crippen molar-refractivity contribution in [2.75, 3.05) is 19.0 Å². The number of halogens is 1. The molecule has 0 aliphatic rings. The molecule has 1 unspecified atom stereocenters. The van der Waals surface area contributed by atoms with Crippen LogP contribution in [0.2, 0.25) is 5.02 Å². The van der Waals surface area contributed by atoms with Crippen molar-refractivity contribution in [2.45, 2.75) is 38.8 Å². The standard InChI is InChI=1S/C14H23ClN2O/c1-10-5-6-11(7-13(10)15)17-12(9-16)8-14(2,3)18-4/h5-7,12,17H,8-9,16H2,1-4H3. The van der Waals surface area contributed by atoms with Crippen molar-refractivity contribution < 1.29 is 4.74 Å². The van der Waals surface area contributed by atoms with Gasteiger partial charge in [0.25, 0.3) is 0 Å². The Morgan fingerprint density at radius 1 is 1.44 bits per heavy atom. The lowest BCUT2D eigenvalue weighted by atomic mass is 9.98. The van der Waals surface area contributed by atoms with Crippen LogP contribution in [0, 0.1) is 6.92 Å². The van der Waals surface area contributed by atoms with Gasteiger partial charge in [0, 0.05) is 30.4 Å². The molecule has 3 N–H and O–H groups in total. The summed E-state index contributed by atoms with van der Waals surface area (Å²) >= 11 is 6.10. The zero-order valence-corrected chi connectivity index (χ0v) is 12.3. The number of hydrogen-bond donors (Lipinski definition) is 2. The molecule has 0 spiro atoms. The van der Waals surface area contributed by atoms with E-state index in [1.165, 1.54) is 0 Å². The summed E-state index contributed by atoms with van der Waals surface area (Å²) < 4.78 is 5.43. The van der Waals surface area contributed by atoms with Crippen LogP contribution in [-0.2, 0) is 4.74 Å². The summed E-state index contributed by atoms with van der Waals surface area (Å²) in [6.45, 7) is 6.65. The zero-order chi connectivity index (χ0) is 13.8. The summed E-state index contributed by atoms with van der Waals surface area (Å²) in [4.78, 5) is 0. The van der Waals surface area contributed by atoms with Gasteiger partial charge in [0.15, 0.2) is 0 Å². The Balaban J connectivity index is 2.71. The number of rotatable bonds is 6. The van der Waals surface area contributed by atoms with Gasteiger partial charge in [0.1, 0.15) is 0 Å². The third kappa shape index (κ3) is 4.48. The Kier molecular flexibility index (Phi) is 5.45. The molecule has 0 aliphatic heterocycles. The van der Waals surface area contributed by atoms with Gasteiger partial charge >= 0.3 is 0 Å². The number of benzene rings is 1. The van der Waals surface area contributed by atoms with E-state index in [4.69, 9.17) is 22.1 Å². The first kappa shape index (κ1) is 15.3. The number of anilines is 1. The third-order valence-corrected chi connectivity index (χ3v) is 3.52. The summed E-state index contributed by atoms with van der Waals surface area (Å²) in [5, 5.41) is 4.16. The molecule has 1 rings (SSSR count). The van der Waals surface area contributed by atoms with Gasteiger partial charge in [0.2, 0.25) is 0 Å². The number of nitrogens with one attached hydrogen (secondary N) is 1. The number of aryl methyl sites for hydroxylation is 1. The summed E-state index contributed by atoms with van der Waals surface area (Å²) in [6, 6.07) is 6.11. The van der Waals surface area contributed by atoms with Gasteiger partial charge in [-0.05, 0) is 44.9 Å². The predicted molar refractivity (Wildman–Crippen MR) is 78.4 cm³/mol. The first-order valence-electron chi connectivity index (χ1n) is 6.16. The van der Waals surface area contributed by atoms with Crippen LogP contribution in [0.25, 0.3) is 0 Å². The average molecular weight is 271 g/mol. The van der Waals surface area contributed by atoms with Crippen LogP contribution in [0.1, 0.15) is 25.8 Å². The highest BCUT2D eigenvalue weighted by molar-refractivity contribution is 6.31. The normalized spacial score (nSPS) is 13.4. The average Bonchev–Trinajstić information content (AvgIpc) is 2.33. The molecule has 0 heterocycles. The molecule has 0 fully saturated rings. The largest absolute Gasteiger partial charge is 0.381 e. The van der Waals surface area contributed by atoms with Crippen LogP contribution in [-0.4, -0.2) is 25.3 Å². The quantitative estimate of drug-likeness (QED) is 0.835. The van der Waals surface area contributed by atoms with Gasteiger partial charge in [0.05, 0.1) is 5.60 Å². The van der Waals surface area contributed by atoms with E-state index in [1.54, 1.807) is 7.11 Å². The van der Waals surface area contributed by atoms with E-state index in [0.717, 1.165) is 22.7 Å². The van der Waals surface area contributed by atoms with Gasteiger partial charge in [-0.3, -0.25) is 0 Å². The summed E-state index contributed by atoms with van der Waals surface area (Å²) in [5.74, 6) is 0. The second-order valence-corrected chi connectivity index (χ2v) is 5.62. The Morgan fingerprint density at radius 2 is 2.11 bits per heavy atom. The molecule has 0 saturated heterocycles. The van der Waals surface area contributed by atoms with E-state index in [1.807, 2.05) is 25.1 Å². The number of methoxy groups -OCH3 is 1. The van der Waals surface area contributed by atoms with Crippen molar-refractivity contribution in [1.82, 2.24) is 0 Å². The second kappa shape index (κ2) is 6.41. The molecule has 4 heteroatoms. The van der Waals surface area contributed by atoms with Gasteiger partial charge < -0.3 is 15.8 Å². The van der Waals surface area contributed by atoms with Crippen LogP contribution < -0.4 is 11.1 Å². The van der Waals surface area contributed by atoms with E-state index in [-0.39, 0.29) is 11.6 Å². The van der Waals surface area contributed by atoms with Crippen molar-refractivity contribution in [1.29, 1.82) is 0 Å². The van der Waals surface area contributed by atoms with E-state index in [9.17, 15) is 0 Å². The molecule has 0 radical (unpaired) electrons. The Morgan fingerprint density at radius 3 is 2.61 bits per heavy atom. The van der Waals surface area contributed by atoms with Crippen LogP contribution in [0.5, 0.6) is 0 Å². The van der Waals surface area contributed by atoms with E-state index >= 15 is 0 Å². The fraction of sp³-hybridized carbons (Fsp3) is 0.571. The van der Waals surface area contributed by atoms with Gasteiger partial charge in [-0.2, -0.15) is 0 Å². The molecule has 1 aromatic carbocycles. The van der Waals surface area contributed by atoms with Gasteiger partial charge in [-0.25, -0.2) is 0 Å². The smallest absolute Gasteiger partial charge is 0.0642 e. The minimum Gasteiger partial charge on any atom is -0.381 e. The molecule has 1 aromatic rings. The highest BCUT2D eigenvalue weighted by Crippen LogP contribution is 2.22. The molecule has 0 aromatic heterocycles. The van der Waals surface area contributed by atoms with Crippen LogP contribution in [0.4, 0.5) is 5.69 Å². The van der Waals surface area contributed by atoms with Crippen LogP contribution >= 0.6 is 11.6 Å². The summed E-state index contributed by atoms with van der Waals surface area (Å²) in [5.41, 5.74) is 7.68. The fourth-order valence-electron chi connectivity index (χ4n) is 1.79. The first-order valence-corrected chi connectivity index (χ1v) is 6.53. The number of nitrogens with two attached hydrogens (primary N) is 1. The minimum absolute atomic E-state index is 0.165. The molecule has 18 heavy (non-hydrogen) atoms. The fourth-order valence-corrected chi connectivity index (χ4v) is 1.97. The molecule has 1 atom stereocenters. The Bertz CT molecular complexity index is 393. The Hall–Kier alpha value is -0.770. The molecule has 0 saturated carbocycles. The summed E-state index contributed by atoms with van der Waals surface area (Å²) in [7, 11) is 1.72. The lowest BCUT2D eigenvalue weighted by Crippen LogP contribution is -2.37. The number of hydrogen-bond acceptors (Lipinski definition) is 3. The molecule has 0 bridgehead atoms. The molecule has 0 amide bonds. The molecule has 0 aliphatic carbocycles. The second-order valence-electron chi connectivity index (χ2n) is 5.21. The topological polar surface area (TPSA) is 47.3 Å². The molecular weight excluding hydrogens is 248 g/mol. The summed E-state index contributed by atoms with van der Waals surface area (Å²) in [6.07, 6.45) is 0.839. The van der Waals surface area contributed by atoms with Crippen molar-refractivity contribution in [3.05, 3.63) is 28.8 Å². The third-order valence-electron chi connectivity index (χ3n) is 3.12. The van der Waals surface area contributed by atoms with Crippen LogP contribution in [0.15, 0.2) is 18.2 Å². The van der Waals surface area contributed by atoms with Crippen LogP contribution in [0.3, 0.4) is 0 Å². The Labute approximate surface area is 115 Å². The van der Waals surface area contributed by atoms with E-state index in [2.05, 4.69) is 19.2 Å². The lowest BCUT2D eigenvalue weighted by molar-refractivity contribution is 0.0122. The van der Waals surface area contributed by atoms with Crippen molar-refractivity contribution in [3.63, 3.8) is 0 Å². The lowest BCUT2D eigenvalue weighted by Gasteiger charge is -2.29. The highest BCUT2D eigenvalue weighted by Gasteiger charge is 2.22. The molecule has 3 nitrogen and oxygen atoms in total. The number of ether oxygens (including phenoxy) is 1. The van der Waals surface area contributed by atoms with E-state index < -0.39 is 0 Å². The molecular formula is C14H23ClN2O. The van der Waals surface area contributed by atoms with E-state index in [0.29, 0.717) is 6.54 Å². The van der Waals surface area contributed by atoms with Gasteiger partial charge in [-0.15, -0.1) is 0 Å². The SMILES string of the molecule is COC(C)(C)CC(CN)Nc1ccc(C)c(Cl)c1. The predicted octanol–water partition coefficient (Wildman–Crippen LogP) is 3.20. The first-order chi connectivity index (χ1) is 8.38. The van der Waals surface area contributed by atoms with Gasteiger partial charge in [-0.1, -0.05) is 17.7 Å². The zero-order valence-electron chi connectivity index (χ0n) is 11.6. The monoisotopic (exact) mass is 270 g/mol. The van der Waals surface area contributed by atoms with Crippen molar-refractivity contribution >= 4 is 17.3 Å². The maximum atomic E-state index is 6.10. The van der Waals surface area contributed by atoms with Crippen molar-refractivity contribution in [2.24, 2.45) is 5.73 Å². The maximum absolute atomic E-state index is 6.10. The van der Waals surface area contributed by atoms with Crippen molar-refractivity contribution in [3.8, 4) is 0 Å².